The van der Waals surface area contributed by atoms with Crippen LogP contribution in [0.4, 0.5) is 0 Å². The average molecular weight is 204 g/mol. The Labute approximate surface area is 87.7 Å². The van der Waals surface area contributed by atoms with Gasteiger partial charge in [-0.05, 0) is 25.2 Å². The van der Waals surface area contributed by atoms with Gasteiger partial charge < -0.3 is 0 Å². The first-order chi connectivity index (χ1) is 6.33. The van der Waals surface area contributed by atoms with Crippen molar-refractivity contribution in [2.45, 2.75) is 66.2 Å². The molecule has 0 radical (unpaired) electrons. The van der Waals surface area contributed by atoms with E-state index in [4.69, 9.17) is 0 Å². The van der Waals surface area contributed by atoms with Crippen LogP contribution in [0.15, 0.2) is 0 Å². The lowest BCUT2D eigenvalue weighted by molar-refractivity contribution is 0.874. The van der Waals surface area contributed by atoms with Crippen molar-refractivity contribution in [3.05, 3.63) is 0 Å². The van der Waals surface area contributed by atoms with Crippen LogP contribution in [0.3, 0.4) is 0 Å². The van der Waals surface area contributed by atoms with E-state index in [1.54, 1.807) is 0 Å². The van der Waals surface area contributed by atoms with Gasteiger partial charge in [-0.3, -0.25) is 0 Å². The van der Waals surface area contributed by atoms with E-state index < -0.39 is 0 Å². The Hall–Kier alpha value is 0.430. The van der Waals surface area contributed by atoms with Gasteiger partial charge in [-0.15, -0.1) is 8.58 Å². The second kappa shape index (κ2) is 18.3. The summed E-state index contributed by atoms with van der Waals surface area (Å²) in [5, 5.41) is 0. The Morgan fingerprint density at radius 1 is 0.615 bits per heavy atom. The quantitative estimate of drug-likeness (QED) is 0.401. The summed E-state index contributed by atoms with van der Waals surface area (Å²) in [6.45, 7) is 8.90. The molecule has 0 aliphatic carbocycles. The molecule has 0 fully saturated rings. The lowest BCUT2D eigenvalue weighted by Crippen LogP contribution is -1.78. The molecule has 0 saturated carbocycles. The van der Waals surface area contributed by atoms with Crippen LogP contribution in [-0.2, 0) is 0 Å². The molecule has 0 amide bonds. The van der Waals surface area contributed by atoms with Crippen molar-refractivity contribution >= 4 is 8.58 Å². The van der Waals surface area contributed by atoms with E-state index in [1.807, 2.05) is 0 Å². The summed E-state index contributed by atoms with van der Waals surface area (Å²) in [6.07, 6.45) is 11.2. The van der Waals surface area contributed by atoms with Crippen LogP contribution in [0.25, 0.3) is 0 Å². The van der Waals surface area contributed by atoms with Crippen molar-refractivity contribution in [2.75, 3.05) is 12.3 Å². The molecule has 0 bridgehead atoms. The predicted molar refractivity (Wildman–Crippen MR) is 68.4 cm³/mol. The average Bonchev–Trinajstić information content (AvgIpc) is 2.18. The van der Waals surface area contributed by atoms with E-state index in [0.717, 1.165) is 0 Å². The molecule has 0 aromatic rings. The highest BCUT2D eigenvalue weighted by atomic mass is 31.1. The first-order valence-corrected chi connectivity index (χ1v) is 7.45. The maximum absolute atomic E-state index is 2.27. The Kier molecular flexibility index (Phi) is 22.3. The van der Waals surface area contributed by atoms with Crippen LogP contribution in [0.1, 0.15) is 66.2 Å². The van der Waals surface area contributed by atoms with Crippen LogP contribution in [0, 0.1) is 0 Å². The van der Waals surface area contributed by atoms with Gasteiger partial charge in [-0.2, -0.15) is 0 Å². The highest BCUT2D eigenvalue weighted by molar-refractivity contribution is 7.37. The minimum Gasteiger partial charge on any atom is -0.122 e. The van der Waals surface area contributed by atoms with Gasteiger partial charge in [-0.1, -0.05) is 53.4 Å². The zero-order chi connectivity index (χ0) is 10.4. The summed E-state index contributed by atoms with van der Waals surface area (Å²) in [6, 6.07) is 0. The van der Waals surface area contributed by atoms with E-state index >= 15 is 0 Å². The summed E-state index contributed by atoms with van der Waals surface area (Å²) in [5.41, 5.74) is 0. The first kappa shape index (κ1) is 15.9. The maximum Gasteiger partial charge on any atom is -0.0354 e. The van der Waals surface area contributed by atoms with Crippen molar-refractivity contribution in [2.24, 2.45) is 0 Å². The van der Waals surface area contributed by atoms with Crippen LogP contribution in [-0.4, -0.2) is 12.3 Å². The highest BCUT2D eigenvalue weighted by Crippen LogP contribution is 2.14. The third-order valence-electron chi connectivity index (χ3n) is 1.91. The number of hydrogen-bond donors (Lipinski definition) is 0. The molecular formula is C12H29P. The fourth-order valence-corrected chi connectivity index (χ4v) is 2.19. The molecule has 0 aromatic carbocycles. The van der Waals surface area contributed by atoms with Gasteiger partial charge in [0.25, 0.3) is 0 Å². The molecule has 0 atom stereocenters. The van der Waals surface area contributed by atoms with E-state index in [0.29, 0.717) is 0 Å². The third-order valence-corrected chi connectivity index (χ3v) is 3.33. The Bertz CT molecular complexity index is 54.1. The minimum atomic E-state index is 1.25. The molecule has 0 N–H and O–H groups in total. The summed E-state index contributed by atoms with van der Waals surface area (Å²) >= 11 is 0. The Morgan fingerprint density at radius 3 is 1.23 bits per heavy atom. The zero-order valence-electron chi connectivity index (χ0n) is 10.2. The van der Waals surface area contributed by atoms with E-state index in [2.05, 4.69) is 27.7 Å². The van der Waals surface area contributed by atoms with Gasteiger partial charge in [0.2, 0.25) is 0 Å². The van der Waals surface area contributed by atoms with E-state index in [-0.39, 0.29) is 0 Å². The maximum atomic E-state index is 2.27. The monoisotopic (exact) mass is 204 g/mol. The lowest BCUT2D eigenvalue weighted by Gasteiger charge is -1.96. The zero-order valence-corrected chi connectivity index (χ0v) is 11.2. The topological polar surface area (TPSA) is 0 Å². The van der Waals surface area contributed by atoms with E-state index in [9.17, 15) is 0 Å². The minimum absolute atomic E-state index is 1.25. The molecule has 1 heteroatoms. The molecule has 0 aromatic heterocycles. The Balaban J connectivity index is 0. The van der Waals surface area contributed by atoms with Crippen molar-refractivity contribution in [1.82, 2.24) is 0 Å². The molecule has 0 aliphatic heterocycles. The fourth-order valence-electron chi connectivity index (χ4n) is 0.729. The van der Waals surface area contributed by atoms with Gasteiger partial charge in [0.15, 0.2) is 0 Å². The van der Waals surface area contributed by atoms with Crippen molar-refractivity contribution in [1.29, 1.82) is 0 Å². The highest BCUT2D eigenvalue weighted by Gasteiger charge is 1.85. The molecule has 0 saturated heterocycles. The van der Waals surface area contributed by atoms with Gasteiger partial charge in [-0.25, -0.2) is 0 Å². The SMILES string of the molecule is CCCC.CCCCPCCCC. The molecule has 0 unspecified atom stereocenters. The third kappa shape index (κ3) is 24.5. The molecule has 0 nitrogen and oxygen atoms in total. The summed E-state index contributed by atoms with van der Waals surface area (Å²) in [4.78, 5) is 0. The fraction of sp³-hybridized carbons (Fsp3) is 1.00. The summed E-state index contributed by atoms with van der Waals surface area (Å²) in [7, 11) is 1.25. The van der Waals surface area contributed by atoms with Crippen molar-refractivity contribution < 1.29 is 0 Å². The van der Waals surface area contributed by atoms with Gasteiger partial charge in [0.1, 0.15) is 0 Å². The Morgan fingerprint density at radius 2 is 1.00 bits per heavy atom. The standard InChI is InChI=1S/C8H19P.C4H10/c1-3-5-7-9-8-6-4-2;1-3-4-2/h9H,3-8H2,1-2H3;3-4H2,1-2H3. The van der Waals surface area contributed by atoms with Gasteiger partial charge in [0, 0.05) is 0 Å². The second-order valence-electron chi connectivity index (χ2n) is 3.46. The predicted octanol–water partition coefficient (Wildman–Crippen LogP) is 5.07. The number of hydrogen-bond acceptors (Lipinski definition) is 0. The van der Waals surface area contributed by atoms with Crippen LogP contribution >= 0.6 is 8.58 Å². The largest absolute Gasteiger partial charge is 0.122 e. The molecule has 0 heterocycles. The normalized spacial score (nSPS) is 9.23. The first-order valence-electron chi connectivity index (χ1n) is 6.04. The molecule has 13 heavy (non-hydrogen) atoms. The van der Waals surface area contributed by atoms with Crippen molar-refractivity contribution in [3.8, 4) is 0 Å². The summed E-state index contributed by atoms with van der Waals surface area (Å²) in [5.74, 6) is 0. The second-order valence-corrected chi connectivity index (χ2v) is 4.96. The molecule has 0 spiro atoms. The summed E-state index contributed by atoms with van der Waals surface area (Å²) < 4.78 is 0. The number of unbranched alkanes of at least 4 members (excludes halogenated alkanes) is 3. The van der Waals surface area contributed by atoms with Crippen LogP contribution in [0.2, 0.25) is 0 Å². The van der Waals surface area contributed by atoms with Crippen LogP contribution < -0.4 is 0 Å². The molecule has 82 valence electrons. The number of rotatable bonds is 7. The van der Waals surface area contributed by atoms with Gasteiger partial charge in [0.05, 0.1) is 0 Å². The van der Waals surface area contributed by atoms with Gasteiger partial charge >= 0.3 is 0 Å². The molecular weight excluding hydrogens is 175 g/mol. The van der Waals surface area contributed by atoms with E-state index in [1.165, 1.54) is 59.4 Å². The molecule has 0 aliphatic rings. The van der Waals surface area contributed by atoms with Crippen LogP contribution in [0.5, 0.6) is 0 Å². The lowest BCUT2D eigenvalue weighted by atomic mass is 10.4. The van der Waals surface area contributed by atoms with Crippen molar-refractivity contribution in [3.63, 3.8) is 0 Å². The smallest absolute Gasteiger partial charge is 0.0354 e. The molecule has 0 rings (SSSR count).